The third-order valence-electron chi connectivity index (χ3n) is 10.7. The van der Waals surface area contributed by atoms with Crippen LogP contribution in [0.5, 0.6) is 0 Å². The van der Waals surface area contributed by atoms with Gasteiger partial charge in [0.2, 0.25) is 0 Å². The van der Waals surface area contributed by atoms with Gasteiger partial charge in [-0.2, -0.15) is 0 Å². The summed E-state index contributed by atoms with van der Waals surface area (Å²) in [5, 5.41) is 11.3. The molecule has 274 valence electrons. The minimum atomic E-state index is -0.144. The predicted molar refractivity (Wildman–Crippen MR) is 234 cm³/mol. The highest BCUT2D eigenvalue weighted by molar-refractivity contribution is 6.03. The van der Waals surface area contributed by atoms with Crippen molar-refractivity contribution in [2.45, 2.75) is 0 Å². The van der Waals surface area contributed by atoms with Crippen LogP contribution >= 0.6 is 0 Å². The lowest BCUT2D eigenvalue weighted by molar-refractivity contribution is 0.139. The van der Waals surface area contributed by atoms with E-state index in [9.17, 15) is 5.11 Å². The van der Waals surface area contributed by atoms with E-state index in [0.717, 1.165) is 79.4 Å². The number of hydrogen-bond acceptors (Lipinski definition) is 6. The van der Waals surface area contributed by atoms with Crippen LogP contribution < -0.4 is 19.6 Å². The molecular weight excluding hydrogens is 701 g/mol. The summed E-state index contributed by atoms with van der Waals surface area (Å²) in [6.07, 6.45) is 0. The van der Waals surface area contributed by atoms with Crippen LogP contribution in [0.4, 0.5) is 68.2 Å². The molecule has 6 nitrogen and oxygen atoms in total. The monoisotopic (exact) mass is 738 g/mol. The lowest BCUT2D eigenvalue weighted by atomic mass is 9.97. The molecule has 0 fully saturated rings. The van der Waals surface area contributed by atoms with E-state index in [1.807, 2.05) is 12.1 Å². The molecule has 8 aromatic carbocycles. The van der Waals surface area contributed by atoms with Gasteiger partial charge in [0.15, 0.2) is 0 Å². The van der Waals surface area contributed by atoms with Crippen LogP contribution in [0.1, 0.15) is 11.1 Å². The molecule has 1 N–H and O–H groups in total. The van der Waals surface area contributed by atoms with Gasteiger partial charge in [-0.1, -0.05) is 109 Å². The Bertz CT molecular complexity index is 2470. The van der Waals surface area contributed by atoms with Crippen molar-refractivity contribution in [3.05, 3.63) is 223 Å². The van der Waals surface area contributed by atoms with Gasteiger partial charge in [0.05, 0.1) is 58.2 Å². The van der Waals surface area contributed by atoms with E-state index in [-0.39, 0.29) is 5.95 Å². The average Bonchev–Trinajstić information content (AvgIpc) is 3.28. The summed E-state index contributed by atoms with van der Waals surface area (Å²) in [5.74, 6) is -0.144. The van der Waals surface area contributed by atoms with Crippen LogP contribution in [0.15, 0.2) is 212 Å². The number of aliphatic hydroxyl groups is 1. The van der Waals surface area contributed by atoms with E-state index in [2.05, 4.69) is 214 Å². The normalized spacial score (nSPS) is 12.6. The maximum Gasteiger partial charge on any atom is 0.285 e. The lowest BCUT2D eigenvalue weighted by Gasteiger charge is -2.40. The van der Waals surface area contributed by atoms with Crippen molar-refractivity contribution < 1.29 is 9.84 Å². The van der Waals surface area contributed by atoms with E-state index in [0.29, 0.717) is 5.57 Å². The van der Waals surface area contributed by atoms with Gasteiger partial charge in [-0.15, -0.1) is 0 Å². The molecular formula is C51H38N4O2. The van der Waals surface area contributed by atoms with Crippen LogP contribution in [0.2, 0.25) is 0 Å². The van der Waals surface area contributed by atoms with Gasteiger partial charge in [-0.05, 0) is 108 Å². The summed E-state index contributed by atoms with van der Waals surface area (Å²) in [4.78, 5) is 9.24. The first-order chi connectivity index (χ1) is 28.2. The van der Waals surface area contributed by atoms with Gasteiger partial charge >= 0.3 is 0 Å². The Labute approximate surface area is 332 Å². The van der Waals surface area contributed by atoms with E-state index in [1.165, 1.54) is 7.11 Å². The van der Waals surface area contributed by atoms with Gasteiger partial charge in [0.1, 0.15) is 0 Å². The molecule has 0 amide bonds. The minimum Gasteiger partial charge on any atom is -0.481 e. The second kappa shape index (κ2) is 14.2. The Hall–Kier alpha value is -7.70. The fourth-order valence-corrected chi connectivity index (χ4v) is 8.23. The summed E-state index contributed by atoms with van der Waals surface area (Å²) < 4.78 is 5.51. The van der Waals surface area contributed by atoms with Crippen molar-refractivity contribution in [3.8, 4) is 0 Å². The number of para-hydroxylation sites is 10. The molecule has 0 unspecified atom stereocenters. The van der Waals surface area contributed by atoms with Crippen molar-refractivity contribution in [1.29, 1.82) is 0 Å². The van der Waals surface area contributed by atoms with E-state index in [4.69, 9.17) is 4.74 Å². The summed E-state index contributed by atoms with van der Waals surface area (Å²) in [6.45, 7) is 0. The number of ether oxygens (including phenoxy) is 1. The SMILES string of the molecule is COC(O)=C(c1ccc(N2c3ccccc3N(c3ccccc3)c3ccccc32)cc1)c1ccc(N2c3ccccc3N(c3ccccc3)c3ccccc32)cc1. The molecule has 10 rings (SSSR count). The molecule has 0 aromatic heterocycles. The molecule has 2 aliphatic heterocycles. The second-order valence-corrected chi connectivity index (χ2v) is 13.9. The number of hydrogen-bond donors (Lipinski definition) is 1. The Kier molecular flexibility index (Phi) is 8.42. The molecule has 0 radical (unpaired) electrons. The van der Waals surface area contributed by atoms with Crippen molar-refractivity contribution >= 4 is 73.8 Å². The largest absolute Gasteiger partial charge is 0.481 e. The number of nitrogens with zero attached hydrogens (tertiary/aromatic N) is 4. The highest BCUT2D eigenvalue weighted by Gasteiger charge is 2.32. The molecule has 57 heavy (non-hydrogen) atoms. The molecule has 0 aliphatic carbocycles. The van der Waals surface area contributed by atoms with Crippen LogP contribution in [0, 0.1) is 0 Å². The number of anilines is 12. The standard InChI is InChI=1S/C51H38N4O2/c1-57-51(56)50(36-28-32-40(33-29-36)54-46-24-12-8-20-42(46)52(38-16-4-2-5-17-38)43-21-9-13-25-47(43)54)37-30-34-41(35-31-37)55-48-26-14-10-22-44(48)53(39-18-6-3-7-19-39)45-23-11-15-27-49(45)55/h2-35,56H,1H3. The topological polar surface area (TPSA) is 42.4 Å². The molecule has 0 saturated heterocycles. The van der Waals surface area contributed by atoms with E-state index >= 15 is 0 Å². The molecule has 0 atom stereocenters. The summed E-state index contributed by atoms with van der Waals surface area (Å²) in [5.41, 5.74) is 15.2. The van der Waals surface area contributed by atoms with Gasteiger partial charge in [0.25, 0.3) is 5.95 Å². The van der Waals surface area contributed by atoms with E-state index < -0.39 is 0 Å². The molecule has 8 aromatic rings. The van der Waals surface area contributed by atoms with E-state index in [1.54, 1.807) is 0 Å². The minimum absolute atomic E-state index is 0.144. The molecule has 0 spiro atoms. The summed E-state index contributed by atoms with van der Waals surface area (Å²) in [6, 6.07) is 71.6. The average molecular weight is 739 g/mol. The van der Waals surface area contributed by atoms with Crippen molar-refractivity contribution in [2.75, 3.05) is 26.7 Å². The first-order valence-electron chi connectivity index (χ1n) is 19.0. The zero-order valence-electron chi connectivity index (χ0n) is 31.3. The number of fused-ring (bicyclic) bond motifs is 4. The first-order valence-corrected chi connectivity index (χ1v) is 19.0. The quantitative estimate of drug-likeness (QED) is 0.164. The predicted octanol–water partition coefficient (Wildman–Crippen LogP) is 14.1. The van der Waals surface area contributed by atoms with Gasteiger partial charge in [0, 0.05) is 22.7 Å². The third-order valence-corrected chi connectivity index (χ3v) is 10.7. The summed E-state index contributed by atoms with van der Waals surface area (Å²) in [7, 11) is 1.50. The Morgan fingerprint density at radius 3 is 0.789 bits per heavy atom. The van der Waals surface area contributed by atoms with Gasteiger partial charge in [-0.3, -0.25) is 0 Å². The molecule has 2 aliphatic rings. The smallest absolute Gasteiger partial charge is 0.285 e. The molecule has 0 bridgehead atoms. The zero-order valence-corrected chi connectivity index (χ0v) is 31.3. The Balaban J connectivity index is 1.01. The third kappa shape index (κ3) is 5.74. The maximum atomic E-state index is 11.3. The van der Waals surface area contributed by atoms with Crippen molar-refractivity contribution in [3.63, 3.8) is 0 Å². The maximum absolute atomic E-state index is 11.3. The number of methoxy groups -OCH3 is 1. The van der Waals surface area contributed by atoms with Crippen LogP contribution in [0.25, 0.3) is 5.57 Å². The Morgan fingerprint density at radius 2 is 0.544 bits per heavy atom. The number of rotatable bonds is 7. The molecule has 0 saturated carbocycles. The molecule has 2 heterocycles. The number of benzene rings is 8. The van der Waals surface area contributed by atoms with Gasteiger partial charge in [-0.25, -0.2) is 0 Å². The summed E-state index contributed by atoms with van der Waals surface area (Å²) >= 11 is 0. The van der Waals surface area contributed by atoms with Crippen LogP contribution in [0.3, 0.4) is 0 Å². The zero-order chi connectivity index (χ0) is 38.3. The molecule has 6 heteroatoms. The highest BCUT2D eigenvalue weighted by Crippen LogP contribution is 2.55. The van der Waals surface area contributed by atoms with Crippen LogP contribution in [-0.2, 0) is 4.74 Å². The fraction of sp³-hybridized carbons (Fsp3) is 0.0196. The second-order valence-electron chi connectivity index (χ2n) is 13.9. The Morgan fingerprint density at radius 1 is 0.316 bits per heavy atom. The van der Waals surface area contributed by atoms with Crippen molar-refractivity contribution in [2.24, 2.45) is 0 Å². The number of aliphatic hydroxyl groups excluding tert-OH is 1. The first kappa shape index (κ1) is 33.8. The lowest BCUT2D eigenvalue weighted by Crippen LogP contribution is -2.23. The van der Waals surface area contributed by atoms with Gasteiger partial charge < -0.3 is 29.4 Å². The fourth-order valence-electron chi connectivity index (χ4n) is 8.23. The highest BCUT2D eigenvalue weighted by atomic mass is 16.6. The van der Waals surface area contributed by atoms with Crippen LogP contribution in [-0.4, -0.2) is 12.2 Å². The van der Waals surface area contributed by atoms with Crippen molar-refractivity contribution in [1.82, 2.24) is 0 Å².